The summed E-state index contributed by atoms with van der Waals surface area (Å²) in [6, 6.07) is 14.0. The van der Waals surface area contributed by atoms with Crippen LogP contribution in [-0.4, -0.2) is 40.4 Å². The SMILES string of the molecule is COc1cccc(-n2c(SCCC(=O)NC(=O)NC3CCCC3)nc3ccccc3c2=O)c1. The first-order chi connectivity index (χ1) is 16.0. The van der Waals surface area contributed by atoms with Gasteiger partial charge in [0.25, 0.3) is 5.56 Å². The maximum atomic E-state index is 13.3. The number of methoxy groups -OCH3 is 1. The molecule has 172 valence electrons. The van der Waals surface area contributed by atoms with Crippen molar-refractivity contribution in [2.75, 3.05) is 12.9 Å². The van der Waals surface area contributed by atoms with Gasteiger partial charge in [-0.15, -0.1) is 0 Å². The number of amides is 3. The molecule has 4 rings (SSSR count). The number of nitrogens with zero attached hydrogens (tertiary/aromatic N) is 2. The highest BCUT2D eigenvalue weighted by Crippen LogP contribution is 2.24. The van der Waals surface area contributed by atoms with Gasteiger partial charge in [0.15, 0.2) is 5.16 Å². The highest BCUT2D eigenvalue weighted by Gasteiger charge is 2.19. The topological polar surface area (TPSA) is 102 Å². The van der Waals surface area contributed by atoms with Crippen molar-refractivity contribution in [1.82, 2.24) is 20.2 Å². The van der Waals surface area contributed by atoms with E-state index in [0.29, 0.717) is 33.2 Å². The lowest BCUT2D eigenvalue weighted by molar-refractivity contribution is -0.119. The fraction of sp³-hybridized carbons (Fsp3) is 0.333. The average molecular weight is 467 g/mol. The molecule has 2 N–H and O–H groups in total. The summed E-state index contributed by atoms with van der Waals surface area (Å²) in [5.74, 6) is 0.613. The van der Waals surface area contributed by atoms with Crippen LogP contribution in [0.25, 0.3) is 16.6 Å². The van der Waals surface area contributed by atoms with Crippen LogP contribution < -0.4 is 20.9 Å². The molecular weight excluding hydrogens is 440 g/mol. The highest BCUT2D eigenvalue weighted by molar-refractivity contribution is 7.99. The van der Waals surface area contributed by atoms with Gasteiger partial charge in [-0.25, -0.2) is 9.78 Å². The van der Waals surface area contributed by atoms with Gasteiger partial charge in [0, 0.05) is 24.3 Å². The van der Waals surface area contributed by atoms with Crippen molar-refractivity contribution in [2.24, 2.45) is 0 Å². The fourth-order valence-corrected chi connectivity index (χ4v) is 4.85. The number of fused-ring (bicyclic) bond motifs is 1. The van der Waals surface area contributed by atoms with E-state index in [1.807, 2.05) is 12.1 Å². The van der Waals surface area contributed by atoms with Crippen molar-refractivity contribution in [3.63, 3.8) is 0 Å². The summed E-state index contributed by atoms with van der Waals surface area (Å²) >= 11 is 1.29. The molecule has 0 saturated heterocycles. The van der Waals surface area contributed by atoms with Crippen molar-refractivity contribution in [3.8, 4) is 11.4 Å². The largest absolute Gasteiger partial charge is 0.497 e. The highest BCUT2D eigenvalue weighted by atomic mass is 32.2. The molecule has 33 heavy (non-hydrogen) atoms. The zero-order valence-corrected chi connectivity index (χ0v) is 19.2. The molecule has 3 amide bonds. The predicted octanol–water partition coefficient (Wildman–Crippen LogP) is 3.64. The molecule has 0 unspecified atom stereocenters. The van der Waals surface area contributed by atoms with Crippen LogP contribution in [0.5, 0.6) is 5.75 Å². The number of imide groups is 1. The molecule has 1 fully saturated rings. The van der Waals surface area contributed by atoms with E-state index in [4.69, 9.17) is 4.74 Å². The summed E-state index contributed by atoms with van der Waals surface area (Å²) in [7, 11) is 1.57. The van der Waals surface area contributed by atoms with E-state index < -0.39 is 6.03 Å². The van der Waals surface area contributed by atoms with Gasteiger partial charge in [-0.2, -0.15) is 0 Å². The van der Waals surface area contributed by atoms with Crippen LogP contribution in [0.2, 0.25) is 0 Å². The van der Waals surface area contributed by atoms with Crippen LogP contribution in [0.1, 0.15) is 32.1 Å². The summed E-state index contributed by atoms with van der Waals surface area (Å²) in [4.78, 5) is 42.2. The Morgan fingerprint density at radius 2 is 1.94 bits per heavy atom. The number of carbonyl (C=O) groups is 2. The summed E-state index contributed by atoms with van der Waals surface area (Å²) in [6.45, 7) is 0. The second-order valence-corrected chi connectivity index (χ2v) is 8.92. The lowest BCUT2D eigenvalue weighted by Gasteiger charge is -2.14. The van der Waals surface area contributed by atoms with E-state index in [0.717, 1.165) is 25.7 Å². The molecule has 1 saturated carbocycles. The number of nitrogens with one attached hydrogen (secondary N) is 2. The number of ether oxygens (including phenoxy) is 1. The van der Waals surface area contributed by atoms with Crippen LogP contribution in [0, 0.1) is 0 Å². The maximum absolute atomic E-state index is 13.3. The first kappa shape index (κ1) is 22.8. The monoisotopic (exact) mass is 466 g/mol. The molecule has 0 aliphatic heterocycles. The summed E-state index contributed by atoms with van der Waals surface area (Å²) in [6.07, 6.45) is 4.22. The zero-order chi connectivity index (χ0) is 23.2. The number of aromatic nitrogens is 2. The number of carbonyl (C=O) groups excluding carboxylic acids is 2. The Morgan fingerprint density at radius 3 is 2.73 bits per heavy atom. The Balaban J connectivity index is 1.50. The van der Waals surface area contributed by atoms with Crippen molar-refractivity contribution in [2.45, 2.75) is 43.3 Å². The molecular formula is C24H26N4O4S. The number of rotatable bonds is 7. The van der Waals surface area contributed by atoms with E-state index in [9.17, 15) is 14.4 Å². The average Bonchev–Trinajstić information content (AvgIpc) is 3.32. The Labute approximate surface area is 195 Å². The van der Waals surface area contributed by atoms with Crippen molar-refractivity contribution >= 4 is 34.6 Å². The first-order valence-electron chi connectivity index (χ1n) is 10.9. The van der Waals surface area contributed by atoms with Crippen molar-refractivity contribution < 1.29 is 14.3 Å². The van der Waals surface area contributed by atoms with E-state index >= 15 is 0 Å². The molecule has 8 nitrogen and oxygen atoms in total. The van der Waals surface area contributed by atoms with Gasteiger partial charge in [-0.1, -0.05) is 42.8 Å². The summed E-state index contributed by atoms with van der Waals surface area (Å²) in [5, 5.41) is 6.20. The van der Waals surface area contributed by atoms with Crippen molar-refractivity contribution in [3.05, 3.63) is 58.9 Å². The van der Waals surface area contributed by atoms with Crippen molar-refractivity contribution in [1.29, 1.82) is 0 Å². The Bertz CT molecular complexity index is 1220. The standard InChI is InChI=1S/C24H26N4O4S/c1-32-18-10-6-9-17(15-18)28-22(30)19-11-4-5-12-20(19)26-24(28)33-14-13-21(29)27-23(31)25-16-7-2-3-8-16/h4-6,9-12,15-16H,2-3,7-8,13-14H2,1H3,(H2,25,27,29,31). The minimum atomic E-state index is -0.450. The molecule has 1 aromatic heterocycles. The van der Waals surface area contributed by atoms with Gasteiger partial charge in [0.2, 0.25) is 5.91 Å². The molecule has 0 spiro atoms. The van der Waals surface area contributed by atoms with Gasteiger partial charge >= 0.3 is 6.03 Å². The van der Waals surface area contributed by atoms with Gasteiger partial charge in [0.1, 0.15) is 5.75 Å². The molecule has 9 heteroatoms. The first-order valence-corrected chi connectivity index (χ1v) is 11.9. The minimum absolute atomic E-state index is 0.115. The molecule has 3 aromatic rings. The van der Waals surface area contributed by atoms with Crippen LogP contribution in [0.3, 0.4) is 0 Å². The molecule has 2 aromatic carbocycles. The number of thioether (sulfide) groups is 1. The lowest BCUT2D eigenvalue weighted by atomic mass is 10.2. The van der Waals surface area contributed by atoms with E-state index in [-0.39, 0.29) is 23.9 Å². The van der Waals surface area contributed by atoms with Gasteiger partial charge < -0.3 is 10.1 Å². The maximum Gasteiger partial charge on any atom is 0.321 e. The Kier molecular flexibility index (Phi) is 7.29. The molecule has 1 heterocycles. The Morgan fingerprint density at radius 1 is 1.15 bits per heavy atom. The van der Waals surface area contributed by atoms with Gasteiger partial charge in [-0.05, 0) is 37.1 Å². The molecule has 0 bridgehead atoms. The number of urea groups is 1. The lowest BCUT2D eigenvalue weighted by Crippen LogP contribution is -2.43. The van der Waals surface area contributed by atoms with Gasteiger partial charge in [0.05, 0.1) is 23.7 Å². The van der Waals surface area contributed by atoms with Crippen LogP contribution >= 0.6 is 11.8 Å². The molecule has 0 atom stereocenters. The quantitative estimate of drug-likeness (QED) is 0.407. The van der Waals surface area contributed by atoms with Crippen LogP contribution in [0.15, 0.2) is 58.5 Å². The van der Waals surface area contributed by atoms with E-state index in [1.165, 1.54) is 16.3 Å². The van der Waals surface area contributed by atoms with E-state index in [1.54, 1.807) is 43.5 Å². The second-order valence-electron chi connectivity index (χ2n) is 7.86. The zero-order valence-electron chi connectivity index (χ0n) is 18.4. The summed E-state index contributed by atoms with van der Waals surface area (Å²) in [5.41, 5.74) is 1.02. The van der Waals surface area contributed by atoms with Crippen LogP contribution in [0.4, 0.5) is 4.79 Å². The normalized spacial score (nSPS) is 13.7. The molecule has 1 aliphatic carbocycles. The minimum Gasteiger partial charge on any atom is -0.497 e. The number of hydrogen-bond donors (Lipinski definition) is 2. The van der Waals surface area contributed by atoms with E-state index in [2.05, 4.69) is 15.6 Å². The predicted molar refractivity (Wildman–Crippen MR) is 128 cm³/mol. The number of para-hydroxylation sites is 1. The smallest absolute Gasteiger partial charge is 0.321 e. The van der Waals surface area contributed by atoms with Crippen LogP contribution in [-0.2, 0) is 4.79 Å². The number of benzene rings is 2. The second kappa shape index (κ2) is 10.5. The fourth-order valence-electron chi connectivity index (χ4n) is 3.90. The van der Waals surface area contributed by atoms with Gasteiger partial charge in [-0.3, -0.25) is 19.5 Å². The molecule has 1 aliphatic rings. The number of hydrogen-bond acceptors (Lipinski definition) is 6. The third kappa shape index (κ3) is 5.54. The third-order valence-electron chi connectivity index (χ3n) is 5.56. The third-order valence-corrected chi connectivity index (χ3v) is 6.50. The Hall–Kier alpha value is -3.33. The molecule has 0 radical (unpaired) electrons. The summed E-state index contributed by atoms with van der Waals surface area (Å²) < 4.78 is 6.84.